The molecule has 0 unspecified atom stereocenters. The first kappa shape index (κ1) is 12.2. The number of rotatable bonds is 3. The molecule has 2 N–H and O–H groups in total. The molecule has 4 heteroatoms. The Hall–Kier alpha value is -1.81. The first-order valence-corrected chi connectivity index (χ1v) is 6.87. The first-order chi connectivity index (χ1) is 9.26. The summed E-state index contributed by atoms with van der Waals surface area (Å²) in [5.41, 5.74) is 9.93. The van der Waals surface area contributed by atoms with Crippen molar-refractivity contribution >= 4 is 5.82 Å². The summed E-state index contributed by atoms with van der Waals surface area (Å²) in [4.78, 5) is 2.46. The summed E-state index contributed by atoms with van der Waals surface area (Å²) < 4.78 is 2.00. The molecule has 1 aliphatic heterocycles. The second-order valence-corrected chi connectivity index (χ2v) is 5.11. The van der Waals surface area contributed by atoms with E-state index in [4.69, 9.17) is 5.73 Å². The molecule has 0 aliphatic carbocycles. The highest BCUT2D eigenvalue weighted by Crippen LogP contribution is 2.20. The molecule has 2 heterocycles. The van der Waals surface area contributed by atoms with Crippen LogP contribution in [0.5, 0.6) is 0 Å². The van der Waals surface area contributed by atoms with Gasteiger partial charge in [0.2, 0.25) is 0 Å². The lowest BCUT2D eigenvalue weighted by Gasteiger charge is -2.28. The molecule has 19 heavy (non-hydrogen) atoms. The highest BCUT2D eigenvalue weighted by atomic mass is 15.3. The fourth-order valence-corrected chi connectivity index (χ4v) is 2.80. The Kier molecular flexibility index (Phi) is 3.25. The van der Waals surface area contributed by atoms with Crippen LogP contribution in [0.1, 0.15) is 23.7 Å². The maximum atomic E-state index is 5.79. The highest BCUT2D eigenvalue weighted by molar-refractivity contribution is 5.31. The molecule has 0 amide bonds. The molecule has 0 radical (unpaired) electrons. The molecule has 1 aliphatic rings. The summed E-state index contributed by atoms with van der Waals surface area (Å²) in [6, 6.07) is 10.7. The molecular formula is C15H20N4. The molecule has 0 saturated heterocycles. The molecular weight excluding hydrogens is 236 g/mol. The minimum absolute atomic E-state index is 0.620. The lowest BCUT2D eigenvalue weighted by molar-refractivity contribution is 0.238. The Labute approximate surface area is 113 Å². The van der Waals surface area contributed by atoms with E-state index in [0.717, 1.165) is 32.6 Å². The normalized spacial score (nSPS) is 15.4. The number of fused-ring (bicyclic) bond motifs is 1. The number of aromatic nitrogens is 2. The summed E-state index contributed by atoms with van der Waals surface area (Å²) in [6.07, 6.45) is 1.13. The van der Waals surface area contributed by atoms with E-state index < -0.39 is 0 Å². The van der Waals surface area contributed by atoms with Gasteiger partial charge in [-0.25, -0.2) is 0 Å². The van der Waals surface area contributed by atoms with Crippen LogP contribution < -0.4 is 5.73 Å². The Bertz CT molecular complexity index is 573. The molecule has 0 bridgehead atoms. The van der Waals surface area contributed by atoms with Crippen molar-refractivity contribution in [3.05, 3.63) is 47.2 Å². The minimum atomic E-state index is 0.620. The van der Waals surface area contributed by atoms with Crippen LogP contribution in [-0.4, -0.2) is 21.2 Å². The van der Waals surface area contributed by atoms with E-state index in [9.17, 15) is 0 Å². The number of hydrogen-bond donors (Lipinski definition) is 1. The van der Waals surface area contributed by atoms with E-state index >= 15 is 0 Å². The van der Waals surface area contributed by atoms with Gasteiger partial charge in [0.1, 0.15) is 5.82 Å². The maximum absolute atomic E-state index is 5.79. The molecule has 1 aromatic heterocycles. The Morgan fingerprint density at radius 1 is 1.26 bits per heavy atom. The van der Waals surface area contributed by atoms with Crippen molar-refractivity contribution in [2.24, 2.45) is 0 Å². The van der Waals surface area contributed by atoms with Crippen LogP contribution in [0.2, 0.25) is 0 Å². The third-order valence-electron chi connectivity index (χ3n) is 3.78. The van der Waals surface area contributed by atoms with Gasteiger partial charge < -0.3 is 5.73 Å². The maximum Gasteiger partial charge on any atom is 0.145 e. The third kappa shape index (κ3) is 2.49. The van der Waals surface area contributed by atoms with Crippen molar-refractivity contribution in [2.75, 3.05) is 12.3 Å². The predicted octanol–water partition coefficient (Wildman–Crippen LogP) is 2.04. The van der Waals surface area contributed by atoms with Crippen LogP contribution in [0.3, 0.4) is 0 Å². The molecule has 1 aromatic carbocycles. The largest absolute Gasteiger partial charge is 0.382 e. The zero-order valence-corrected chi connectivity index (χ0v) is 11.3. The van der Waals surface area contributed by atoms with Gasteiger partial charge in [0.15, 0.2) is 0 Å². The zero-order chi connectivity index (χ0) is 13.2. The number of nitrogens with zero attached hydrogens (tertiary/aromatic N) is 3. The van der Waals surface area contributed by atoms with E-state index in [1.165, 1.54) is 16.8 Å². The molecule has 0 atom stereocenters. The van der Waals surface area contributed by atoms with Crippen molar-refractivity contribution < 1.29 is 0 Å². The van der Waals surface area contributed by atoms with Crippen LogP contribution >= 0.6 is 0 Å². The van der Waals surface area contributed by atoms with Gasteiger partial charge in [-0.1, -0.05) is 24.3 Å². The van der Waals surface area contributed by atoms with Gasteiger partial charge in [-0.15, -0.1) is 0 Å². The van der Waals surface area contributed by atoms with Crippen molar-refractivity contribution in [3.8, 4) is 0 Å². The van der Waals surface area contributed by atoms with Crippen molar-refractivity contribution in [3.63, 3.8) is 0 Å². The summed E-state index contributed by atoms with van der Waals surface area (Å²) in [7, 11) is 0. The van der Waals surface area contributed by atoms with Gasteiger partial charge in [0, 0.05) is 32.2 Å². The van der Waals surface area contributed by atoms with E-state index in [1.54, 1.807) is 0 Å². The first-order valence-electron chi connectivity index (χ1n) is 6.87. The van der Waals surface area contributed by atoms with Gasteiger partial charge in [0.05, 0.1) is 5.69 Å². The Morgan fingerprint density at radius 3 is 2.84 bits per heavy atom. The predicted molar refractivity (Wildman–Crippen MR) is 76.6 cm³/mol. The lowest BCUT2D eigenvalue weighted by atomic mass is 10.00. The number of aryl methyl sites for hydroxylation is 1. The van der Waals surface area contributed by atoms with E-state index in [-0.39, 0.29) is 0 Å². The van der Waals surface area contributed by atoms with Crippen LogP contribution in [0.25, 0.3) is 0 Å². The summed E-state index contributed by atoms with van der Waals surface area (Å²) in [5, 5.41) is 4.31. The van der Waals surface area contributed by atoms with Crippen LogP contribution in [0.15, 0.2) is 30.3 Å². The van der Waals surface area contributed by atoms with Crippen LogP contribution in [-0.2, 0) is 26.1 Å². The molecule has 4 nitrogen and oxygen atoms in total. The van der Waals surface area contributed by atoms with E-state index in [0.29, 0.717) is 5.82 Å². The third-order valence-corrected chi connectivity index (χ3v) is 3.78. The number of nitrogens with two attached hydrogens (primary N) is 1. The molecule has 3 rings (SSSR count). The standard InChI is InChI=1S/C15H20N4/c1-2-19-14(9-15(16)17-19)11-18-8-7-12-5-3-4-6-13(12)10-18/h3-6,9H,2,7-8,10-11H2,1H3,(H2,16,17). The summed E-state index contributed by atoms with van der Waals surface area (Å²) >= 11 is 0. The zero-order valence-electron chi connectivity index (χ0n) is 11.3. The van der Waals surface area contributed by atoms with E-state index in [1.807, 2.05) is 10.7 Å². The highest BCUT2D eigenvalue weighted by Gasteiger charge is 2.17. The lowest BCUT2D eigenvalue weighted by Crippen LogP contribution is -2.30. The quantitative estimate of drug-likeness (QED) is 0.914. The molecule has 100 valence electrons. The van der Waals surface area contributed by atoms with Gasteiger partial charge in [-0.2, -0.15) is 5.10 Å². The molecule has 0 saturated carbocycles. The Morgan fingerprint density at radius 2 is 2.05 bits per heavy atom. The van der Waals surface area contributed by atoms with Gasteiger partial charge >= 0.3 is 0 Å². The molecule has 0 spiro atoms. The average Bonchev–Trinajstić information content (AvgIpc) is 2.78. The fourth-order valence-electron chi connectivity index (χ4n) is 2.80. The van der Waals surface area contributed by atoms with Crippen LogP contribution in [0.4, 0.5) is 5.82 Å². The number of benzene rings is 1. The van der Waals surface area contributed by atoms with Gasteiger partial charge in [0.25, 0.3) is 0 Å². The monoisotopic (exact) mass is 256 g/mol. The average molecular weight is 256 g/mol. The summed E-state index contributed by atoms with van der Waals surface area (Å²) in [5.74, 6) is 0.620. The fraction of sp³-hybridized carbons (Fsp3) is 0.400. The SMILES string of the molecule is CCn1nc(N)cc1CN1CCc2ccccc2C1. The second-order valence-electron chi connectivity index (χ2n) is 5.11. The van der Waals surface area contributed by atoms with Gasteiger partial charge in [-0.05, 0) is 24.5 Å². The smallest absolute Gasteiger partial charge is 0.145 e. The molecule has 2 aromatic rings. The van der Waals surface area contributed by atoms with E-state index in [2.05, 4.69) is 41.2 Å². The Balaban J connectivity index is 1.75. The molecule has 0 fully saturated rings. The number of nitrogen functional groups attached to an aromatic ring is 1. The van der Waals surface area contributed by atoms with Crippen molar-refractivity contribution in [1.29, 1.82) is 0 Å². The number of anilines is 1. The topological polar surface area (TPSA) is 47.1 Å². The second kappa shape index (κ2) is 5.05. The van der Waals surface area contributed by atoms with Crippen molar-refractivity contribution in [2.45, 2.75) is 33.0 Å². The van der Waals surface area contributed by atoms with Crippen LogP contribution in [0, 0.1) is 0 Å². The van der Waals surface area contributed by atoms with Gasteiger partial charge in [-0.3, -0.25) is 9.58 Å². The number of hydrogen-bond acceptors (Lipinski definition) is 3. The van der Waals surface area contributed by atoms with Crippen molar-refractivity contribution in [1.82, 2.24) is 14.7 Å². The minimum Gasteiger partial charge on any atom is -0.382 e. The summed E-state index contributed by atoms with van der Waals surface area (Å²) in [6.45, 7) is 6.02.